The molecule has 0 radical (unpaired) electrons. The fraction of sp³-hybridized carbons (Fsp3) is 0.611. The number of amides is 1. The van der Waals surface area contributed by atoms with E-state index in [4.69, 9.17) is 4.74 Å². The van der Waals surface area contributed by atoms with Crippen molar-refractivity contribution in [1.82, 2.24) is 10.6 Å². The maximum absolute atomic E-state index is 11.7. The first kappa shape index (κ1) is 17.0. The van der Waals surface area contributed by atoms with E-state index in [0.29, 0.717) is 25.5 Å². The van der Waals surface area contributed by atoms with Gasteiger partial charge in [0.2, 0.25) is 5.91 Å². The fourth-order valence-electron chi connectivity index (χ4n) is 2.72. The molecule has 122 valence electrons. The summed E-state index contributed by atoms with van der Waals surface area (Å²) >= 11 is 0. The van der Waals surface area contributed by atoms with Gasteiger partial charge in [0.15, 0.2) is 0 Å². The van der Waals surface area contributed by atoms with E-state index in [9.17, 15) is 4.79 Å². The Morgan fingerprint density at radius 2 is 2.14 bits per heavy atom. The van der Waals surface area contributed by atoms with Crippen molar-refractivity contribution in [2.75, 3.05) is 32.8 Å². The van der Waals surface area contributed by atoms with Crippen LogP contribution < -0.4 is 10.6 Å². The molecule has 1 aromatic rings. The standard InChI is InChI=1S/C18H28N2O2/c21-18(8-7-17-9-12-19-15-17)20-11-4-13-22-14-10-16-5-2-1-3-6-16/h1-3,5-6,17,19H,4,7-15H2,(H,20,21). The second-order valence-corrected chi connectivity index (χ2v) is 5.95. The molecule has 0 spiro atoms. The minimum atomic E-state index is 0.177. The third-order valence-corrected chi connectivity index (χ3v) is 4.11. The highest BCUT2D eigenvalue weighted by molar-refractivity contribution is 5.75. The molecular formula is C18H28N2O2. The van der Waals surface area contributed by atoms with Gasteiger partial charge in [0, 0.05) is 19.6 Å². The second kappa shape index (κ2) is 10.4. The smallest absolute Gasteiger partial charge is 0.220 e. The van der Waals surface area contributed by atoms with Crippen molar-refractivity contribution in [2.45, 2.75) is 32.1 Å². The molecule has 1 aliphatic heterocycles. The number of benzene rings is 1. The van der Waals surface area contributed by atoms with Crippen LogP contribution in [0.2, 0.25) is 0 Å². The van der Waals surface area contributed by atoms with Crippen LogP contribution in [0.15, 0.2) is 30.3 Å². The van der Waals surface area contributed by atoms with Gasteiger partial charge in [-0.2, -0.15) is 0 Å². The van der Waals surface area contributed by atoms with Gasteiger partial charge in [-0.3, -0.25) is 4.79 Å². The molecule has 1 fully saturated rings. The van der Waals surface area contributed by atoms with Crippen molar-refractivity contribution >= 4 is 5.91 Å². The van der Waals surface area contributed by atoms with E-state index >= 15 is 0 Å². The lowest BCUT2D eigenvalue weighted by molar-refractivity contribution is -0.121. The SMILES string of the molecule is O=C(CCC1CCNC1)NCCCOCCc1ccccc1. The van der Waals surface area contributed by atoms with Gasteiger partial charge in [-0.15, -0.1) is 0 Å². The average molecular weight is 304 g/mol. The Balaban J connectivity index is 1.39. The van der Waals surface area contributed by atoms with Crippen LogP contribution in [0, 0.1) is 5.92 Å². The highest BCUT2D eigenvalue weighted by atomic mass is 16.5. The Kier molecular flexibility index (Phi) is 7.99. The zero-order valence-corrected chi connectivity index (χ0v) is 13.4. The van der Waals surface area contributed by atoms with Gasteiger partial charge in [-0.05, 0) is 50.3 Å². The lowest BCUT2D eigenvalue weighted by atomic mass is 10.0. The number of hydrogen-bond acceptors (Lipinski definition) is 3. The third kappa shape index (κ3) is 7.05. The van der Waals surface area contributed by atoms with E-state index in [1.807, 2.05) is 18.2 Å². The molecule has 2 rings (SSSR count). The van der Waals surface area contributed by atoms with Gasteiger partial charge in [0.1, 0.15) is 0 Å². The molecule has 1 aromatic carbocycles. The molecule has 4 nitrogen and oxygen atoms in total. The Hall–Kier alpha value is -1.39. The Morgan fingerprint density at radius 3 is 2.91 bits per heavy atom. The van der Waals surface area contributed by atoms with Crippen LogP contribution >= 0.6 is 0 Å². The molecular weight excluding hydrogens is 276 g/mol. The predicted octanol–water partition coefficient (Wildman–Crippen LogP) is 2.14. The molecule has 0 aliphatic carbocycles. The summed E-state index contributed by atoms with van der Waals surface area (Å²) in [4.78, 5) is 11.7. The number of nitrogens with one attached hydrogen (secondary N) is 2. The summed E-state index contributed by atoms with van der Waals surface area (Å²) in [7, 11) is 0. The topological polar surface area (TPSA) is 50.4 Å². The molecule has 22 heavy (non-hydrogen) atoms. The first-order valence-electron chi connectivity index (χ1n) is 8.43. The van der Waals surface area contributed by atoms with Crippen LogP contribution in [0.1, 0.15) is 31.2 Å². The average Bonchev–Trinajstić information content (AvgIpc) is 3.06. The summed E-state index contributed by atoms with van der Waals surface area (Å²) in [6.07, 6.45) is 4.70. The van der Waals surface area contributed by atoms with Gasteiger partial charge < -0.3 is 15.4 Å². The molecule has 1 heterocycles. The Bertz CT molecular complexity index is 416. The molecule has 1 aliphatic rings. The molecule has 1 amide bonds. The normalized spacial score (nSPS) is 17.5. The van der Waals surface area contributed by atoms with Crippen LogP contribution in [0.3, 0.4) is 0 Å². The van der Waals surface area contributed by atoms with Crippen molar-refractivity contribution < 1.29 is 9.53 Å². The van der Waals surface area contributed by atoms with Crippen LogP contribution in [0.4, 0.5) is 0 Å². The van der Waals surface area contributed by atoms with E-state index < -0.39 is 0 Å². The summed E-state index contributed by atoms with van der Waals surface area (Å²) in [6.45, 7) is 4.34. The number of carbonyl (C=O) groups excluding carboxylic acids is 1. The largest absolute Gasteiger partial charge is 0.381 e. The van der Waals surface area contributed by atoms with E-state index in [-0.39, 0.29) is 5.91 Å². The van der Waals surface area contributed by atoms with Crippen molar-refractivity contribution in [1.29, 1.82) is 0 Å². The summed E-state index contributed by atoms with van der Waals surface area (Å²) in [5.74, 6) is 0.864. The number of carbonyl (C=O) groups is 1. The zero-order valence-electron chi connectivity index (χ0n) is 13.4. The van der Waals surface area contributed by atoms with Gasteiger partial charge in [0.25, 0.3) is 0 Å². The first-order valence-corrected chi connectivity index (χ1v) is 8.43. The summed E-state index contributed by atoms with van der Waals surface area (Å²) < 4.78 is 5.60. The van der Waals surface area contributed by atoms with Gasteiger partial charge >= 0.3 is 0 Å². The molecule has 2 N–H and O–H groups in total. The lowest BCUT2D eigenvalue weighted by Gasteiger charge is -2.09. The van der Waals surface area contributed by atoms with Crippen LogP contribution in [0.5, 0.6) is 0 Å². The van der Waals surface area contributed by atoms with E-state index in [1.54, 1.807) is 0 Å². The molecule has 0 aromatic heterocycles. The summed E-state index contributed by atoms with van der Waals surface area (Å²) in [6, 6.07) is 10.3. The molecule has 4 heteroatoms. The van der Waals surface area contributed by atoms with E-state index in [2.05, 4.69) is 22.8 Å². The first-order chi connectivity index (χ1) is 10.8. The van der Waals surface area contributed by atoms with Gasteiger partial charge in [0.05, 0.1) is 6.61 Å². The Labute approximate surface area is 133 Å². The minimum absolute atomic E-state index is 0.177. The second-order valence-electron chi connectivity index (χ2n) is 5.95. The highest BCUT2D eigenvalue weighted by Gasteiger charge is 2.15. The number of hydrogen-bond donors (Lipinski definition) is 2. The molecule has 1 saturated heterocycles. The van der Waals surface area contributed by atoms with E-state index in [1.165, 1.54) is 12.0 Å². The molecule has 1 unspecified atom stereocenters. The van der Waals surface area contributed by atoms with Crippen molar-refractivity contribution in [3.05, 3.63) is 35.9 Å². The molecule has 0 saturated carbocycles. The maximum Gasteiger partial charge on any atom is 0.220 e. The minimum Gasteiger partial charge on any atom is -0.381 e. The lowest BCUT2D eigenvalue weighted by Crippen LogP contribution is -2.25. The third-order valence-electron chi connectivity index (χ3n) is 4.11. The Morgan fingerprint density at radius 1 is 1.27 bits per heavy atom. The monoisotopic (exact) mass is 304 g/mol. The number of rotatable bonds is 10. The van der Waals surface area contributed by atoms with Crippen LogP contribution in [-0.2, 0) is 16.0 Å². The van der Waals surface area contributed by atoms with Gasteiger partial charge in [-0.25, -0.2) is 0 Å². The zero-order chi connectivity index (χ0) is 15.5. The van der Waals surface area contributed by atoms with Crippen molar-refractivity contribution in [3.8, 4) is 0 Å². The van der Waals surface area contributed by atoms with Crippen LogP contribution in [-0.4, -0.2) is 38.8 Å². The fourth-order valence-corrected chi connectivity index (χ4v) is 2.72. The van der Waals surface area contributed by atoms with E-state index in [0.717, 1.165) is 39.0 Å². The molecule has 0 bridgehead atoms. The summed E-state index contributed by atoms with van der Waals surface area (Å²) in [5.41, 5.74) is 1.30. The highest BCUT2D eigenvalue weighted by Crippen LogP contribution is 2.13. The maximum atomic E-state index is 11.7. The van der Waals surface area contributed by atoms with Gasteiger partial charge in [-0.1, -0.05) is 30.3 Å². The van der Waals surface area contributed by atoms with Crippen molar-refractivity contribution in [3.63, 3.8) is 0 Å². The quantitative estimate of drug-likeness (QED) is 0.651. The predicted molar refractivity (Wildman–Crippen MR) is 88.8 cm³/mol. The van der Waals surface area contributed by atoms with Crippen molar-refractivity contribution in [2.24, 2.45) is 5.92 Å². The molecule has 1 atom stereocenters. The van der Waals surface area contributed by atoms with Crippen LogP contribution in [0.25, 0.3) is 0 Å². The number of ether oxygens (including phenoxy) is 1. The summed E-state index contributed by atoms with van der Waals surface area (Å²) in [5, 5.41) is 6.31.